The summed E-state index contributed by atoms with van der Waals surface area (Å²) in [7, 11) is 0. The Morgan fingerprint density at radius 3 is 2.64 bits per heavy atom. The van der Waals surface area contributed by atoms with Gasteiger partial charge in [-0.25, -0.2) is 0 Å². The molecule has 1 fully saturated rings. The molecule has 0 aromatic heterocycles. The predicted octanol–water partition coefficient (Wildman–Crippen LogP) is 0.780. The summed E-state index contributed by atoms with van der Waals surface area (Å²) in [4.78, 5) is 38.5. The summed E-state index contributed by atoms with van der Waals surface area (Å²) in [6.45, 7) is 2.78. The molecule has 0 spiro atoms. The van der Waals surface area contributed by atoms with Crippen molar-refractivity contribution >= 4 is 17.8 Å². The molecular weight excluding hydrogens is 324 g/mol. The maximum Gasteiger partial charge on any atom is 0.305 e. The van der Waals surface area contributed by atoms with E-state index in [1.165, 1.54) is 16.7 Å². The predicted molar refractivity (Wildman–Crippen MR) is 91.0 cm³/mol. The van der Waals surface area contributed by atoms with E-state index in [0.29, 0.717) is 26.1 Å². The molecule has 0 unspecified atom stereocenters. The summed E-state index contributed by atoms with van der Waals surface area (Å²) >= 11 is 0. The number of nitrogens with zero attached hydrogens (tertiary/aromatic N) is 2. The maximum atomic E-state index is 12.6. The fourth-order valence-electron chi connectivity index (χ4n) is 2.86. The molecule has 7 nitrogen and oxygen atoms in total. The summed E-state index contributed by atoms with van der Waals surface area (Å²) < 4.78 is 5.28. The highest BCUT2D eigenvalue weighted by Gasteiger charge is 2.30. The summed E-state index contributed by atoms with van der Waals surface area (Å²) in [6.07, 6.45) is 0.505. The Labute approximate surface area is 147 Å². The first-order valence-corrected chi connectivity index (χ1v) is 8.36. The number of benzene rings is 1. The molecule has 25 heavy (non-hydrogen) atoms. The van der Waals surface area contributed by atoms with E-state index < -0.39 is 12.0 Å². The quantitative estimate of drug-likeness (QED) is 0.787. The highest BCUT2D eigenvalue weighted by molar-refractivity contribution is 5.84. The molecule has 1 saturated heterocycles. The molecule has 1 N–H and O–H groups in total. The monoisotopic (exact) mass is 348 g/mol. The zero-order valence-corrected chi connectivity index (χ0v) is 14.4. The second kappa shape index (κ2) is 9.17. The zero-order chi connectivity index (χ0) is 18.2. The van der Waals surface area contributed by atoms with E-state index in [2.05, 4.69) is 0 Å². The summed E-state index contributed by atoms with van der Waals surface area (Å²) in [5.41, 5.74) is 1.09. The van der Waals surface area contributed by atoms with Gasteiger partial charge in [-0.2, -0.15) is 0 Å². The Balaban J connectivity index is 1.96. The number of amides is 2. The Hall–Kier alpha value is -2.41. The van der Waals surface area contributed by atoms with Crippen LogP contribution in [-0.2, 0) is 25.5 Å². The third-order valence-corrected chi connectivity index (χ3v) is 4.24. The minimum absolute atomic E-state index is 0.0434. The molecule has 1 aliphatic rings. The summed E-state index contributed by atoms with van der Waals surface area (Å²) in [6, 6.07) is 9.26. The molecule has 136 valence electrons. The minimum Gasteiger partial charge on any atom is -0.481 e. The molecule has 0 radical (unpaired) electrons. The van der Waals surface area contributed by atoms with E-state index in [4.69, 9.17) is 9.84 Å². The molecule has 7 heteroatoms. The number of hydrogen-bond acceptors (Lipinski definition) is 4. The number of hydrogen-bond donors (Lipinski definition) is 1. The zero-order valence-electron chi connectivity index (χ0n) is 14.4. The second-order valence-electron chi connectivity index (χ2n) is 6.09. The van der Waals surface area contributed by atoms with Crippen molar-refractivity contribution in [2.45, 2.75) is 25.8 Å². The van der Waals surface area contributed by atoms with E-state index in [-0.39, 0.29) is 31.4 Å². The van der Waals surface area contributed by atoms with E-state index >= 15 is 0 Å². The molecule has 1 aromatic carbocycles. The molecule has 1 aromatic rings. The van der Waals surface area contributed by atoms with E-state index in [9.17, 15) is 14.4 Å². The van der Waals surface area contributed by atoms with Gasteiger partial charge >= 0.3 is 5.97 Å². The van der Waals surface area contributed by atoms with Crippen LogP contribution in [0.3, 0.4) is 0 Å². The number of morpholine rings is 1. The molecule has 1 heterocycles. The van der Waals surface area contributed by atoms with Crippen LogP contribution in [0.2, 0.25) is 0 Å². The first kappa shape index (κ1) is 18.9. The van der Waals surface area contributed by atoms with Crippen LogP contribution in [0.1, 0.15) is 18.9 Å². The van der Waals surface area contributed by atoms with Crippen LogP contribution in [0.4, 0.5) is 0 Å². The van der Waals surface area contributed by atoms with Crippen molar-refractivity contribution < 1.29 is 24.2 Å². The number of carboxylic acids is 1. The molecule has 2 amide bonds. The highest BCUT2D eigenvalue weighted by atomic mass is 16.5. The standard InChI is InChI=1S/C18H24N2O5/c1-14(21)19(8-7-15-5-3-2-4-6-15)12-17(22)20-9-10-25-13-16(20)11-18(23)24/h2-6,16H,7-13H2,1H3,(H,23,24)/t16-/m0/s1. The molecule has 1 atom stereocenters. The highest BCUT2D eigenvalue weighted by Crippen LogP contribution is 2.12. The van der Waals surface area contributed by atoms with Crippen LogP contribution >= 0.6 is 0 Å². The lowest BCUT2D eigenvalue weighted by Crippen LogP contribution is -2.53. The average molecular weight is 348 g/mol. The Morgan fingerprint density at radius 2 is 2.00 bits per heavy atom. The molecule has 0 saturated carbocycles. The lowest BCUT2D eigenvalue weighted by Gasteiger charge is -2.36. The average Bonchev–Trinajstić information content (AvgIpc) is 2.59. The van der Waals surface area contributed by atoms with Gasteiger partial charge in [-0.05, 0) is 12.0 Å². The fraction of sp³-hybridized carbons (Fsp3) is 0.500. The van der Waals surface area contributed by atoms with E-state index in [1.807, 2.05) is 30.3 Å². The summed E-state index contributed by atoms with van der Waals surface area (Å²) in [5, 5.41) is 8.99. The molecule has 0 bridgehead atoms. The molecule has 0 aliphatic carbocycles. The van der Waals surface area contributed by atoms with Gasteiger partial charge in [0.15, 0.2) is 0 Å². The maximum absolute atomic E-state index is 12.6. The van der Waals surface area contributed by atoms with Gasteiger partial charge in [-0.1, -0.05) is 30.3 Å². The second-order valence-corrected chi connectivity index (χ2v) is 6.09. The number of ether oxygens (including phenoxy) is 1. The number of aliphatic carboxylic acids is 1. The lowest BCUT2D eigenvalue weighted by molar-refractivity contribution is -0.149. The van der Waals surface area contributed by atoms with Gasteiger partial charge in [0.05, 0.1) is 32.2 Å². The van der Waals surface area contributed by atoms with Gasteiger partial charge in [0.25, 0.3) is 0 Å². The van der Waals surface area contributed by atoms with E-state index in [1.54, 1.807) is 0 Å². The van der Waals surface area contributed by atoms with Gasteiger partial charge in [-0.15, -0.1) is 0 Å². The third-order valence-electron chi connectivity index (χ3n) is 4.24. The van der Waals surface area contributed by atoms with Crippen molar-refractivity contribution in [3.05, 3.63) is 35.9 Å². The van der Waals surface area contributed by atoms with E-state index in [0.717, 1.165) is 5.56 Å². The van der Waals surface area contributed by atoms with Gasteiger partial charge in [0, 0.05) is 20.0 Å². The molecular formula is C18H24N2O5. The first-order chi connectivity index (χ1) is 12.0. The molecule has 2 rings (SSSR count). The van der Waals surface area contributed by atoms with Gasteiger partial charge in [-0.3, -0.25) is 14.4 Å². The van der Waals surface area contributed by atoms with Crippen molar-refractivity contribution in [1.82, 2.24) is 9.80 Å². The number of carboxylic acid groups (broad SMARTS) is 1. The third kappa shape index (κ3) is 5.86. The SMILES string of the molecule is CC(=O)N(CCc1ccccc1)CC(=O)N1CCOC[C@@H]1CC(=O)O. The van der Waals surface area contributed by atoms with Gasteiger partial charge in [0.2, 0.25) is 11.8 Å². The van der Waals surface area contributed by atoms with Crippen molar-refractivity contribution in [2.24, 2.45) is 0 Å². The van der Waals surface area contributed by atoms with Gasteiger partial charge < -0.3 is 19.6 Å². The van der Waals surface area contributed by atoms with Crippen LogP contribution in [-0.4, -0.2) is 71.6 Å². The minimum atomic E-state index is -0.971. The van der Waals surface area contributed by atoms with Crippen molar-refractivity contribution in [3.8, 4) is 0 Å². The topological polar surface area (TPSA) is 87.2 Å². The van der Waals surface area contributed by atoms with Crippen LogP contribution < -0.4 is 0 Å². The first-order valence-electron chi connectivity index (χ1n) is 8.36. The van der Waals surface area contributed by atoms with Crippen LogP contribution in [0.5, 0.6) is 0 Å². The van der Waals surface area contributed by atoms with Crippen LogP contribution in [0.15, 0.2) is 30.3 Å². The van der Waals surface area contributed by atoms with Crippen molar-refractivity contribution in [2.75, 3.05) is 32.8 Å². The van der Waals surface area contributed by atoms with Crippen LogP contribution in [0.25, 0.3) is 0 Å². The Bertz CT molecular complexity index is 605. The summed E-state index contributed by atoms with van der Waals surface area (Å²) in [5.74, 6) is -1.38. The Morgan fingerprint density at radius 1 is 1.28 bits per heavy atom. The smallest absolute Gasteiger partial charge is 0.305 e. The molecule has 1 aliphatic heterocycles. The number of carbonyl (C=O) groups is 3. The Kier molecular flexibility index (Phi) is 6.94. The lowest BCUT2D eigenvalue weighted by atomic mass is 10.1. The van der Waals surface area contributed by atoms with Crippen molar-refractivity contribution in [1.29, 1.82) is 0 Å². The fourth-order valence-corrected chi connectivity index (χ4v) is 2.86. The van der Waals surface area contributed by atoms with Crippen molar-refractivity contribution in [3.63, 3.8) is 0 Å². The number of rotatable bonds is 7. The normalized spacial score (nSPS) is 17.2. The van der Waals surface area contributed by atoms with Crippen LogP contribution in [0, 0.1) is 0 Å². The number of carbonyl (C=O) groups excluding carboxylic acids is 2. The van der Waals surface area contributed by atoms with Gasteiger partial charge in [0.1, 0.15) is 0 Å². The largest absolute Gasteiger partial charge is 0.481 e.